The summed E-state index contributed by atoms with van der Waals surface area (Å²) in [6.07, 6.45) is 1.32. The molecule has 6 nitrogen and oxygen atoms in total. The fourth-order valence-electron chi connectivity index (χ4n) is 1.54. The number of nitrogens with one attached hydrogen (secondary N) is 1. The summed E-state index contributed by atoms with van der Waals surface area (Å²) in [5.74, 6) is 0.467. The lowest BCUT2D eigenvalue weighted by atomic mass is 10.3. The van der Waals surface area contributed by atoms with Gasteiger partial charge in [0.05, 0.1) is 6.10 Å². The molecule has 1 aliphatic carbocycles. The Kier molecular flexibility index (Phi) is 3.89. The number of carbonyl (C=O) groups is 2. The summed E-state index contributed by atoms with van der Waals surface area (Å²) in [7, 11) is 1.60. The maximum Gasteiger partial charge on any atom is 0.405 e. The largest absolute Gasteiger partial charge is 0.490 e. The highest BCUT2D eigenvalue weighted by Gasteiger charge is 2.23. The Morgan fingerprint density at radius 1 is 1.37 bits per heavy atom. The van der Waals surface area contributed by atoms with E-state index in [1.165, 1.54) is 4.90 Å². The van der Waals surface area contributed by atoms with Gasteiger partial charge in [-0.2, -0.15) is 0 Å². The summed E-state index contributed by atoms with van der Waals surface area (Å²) in [6, 6.07) is 7.16. The van der Waals surface area contributed by atoms with Crippen LogP contribution in [-0.4, -0.2) is 36.8 Å². The number of anilines is 1. The molecule has 0 radical (unpaired) electrons. The van der Waals surface area contributed by atoms with Crippen molar-refractivity contribution in [2.75, 3.05) is 18.5 Å². The maximum absolute atomic E-state index is 11.7. The molecule has 2 amide bonds. The number of nitrogens with zero attached hydrogens (tertiary/aromatic N) is 1. The van der Waals surface area contributed by atoms with Crippen LogP contribution in [0.2, 0.25) is 0 Å². The van der Waals surface area contributed by atoms with Gasteiger partial charge in [-0.3, -0.25) is 4.79 Å². The van der Waals surface area contributed by atoms with Crippen LogP contribution < -0.4 is 15.0 Å². The highest BCUT2D eigenvalue weighted by molar-refractivity contribution is 5.95. The zero-order valence-electron chi connectivity index (χ0n) is 10.6. The molecule has 1 fully saturated rings. The average molecular weight is 264 g/mol. The zero-order valence-corrected chi connectivity index (χ0v) is 10.6. The molecule has 0 atom stereocenters. The van der Waals surface area contributed by atoms with Gasteiger partial charge in [-0.15, -0.1) is 0 Å². The molecule has 2 N–H and O–H groups in total. The van der Waals surface area contributed by atoms with Gasteiger partial charge in [0, 0.05) is 12.7 Å². The van der Waals surface area contributed by atoms with Crippen molar-refractivity contribution in [1.82, 2.24) is 5.32 Å². The van der Waals surface area contributed by atoms with Crippen molar-refractivity contribution < 1.29 is 19.4 Å². The highest BCUT2D eigenvalue weighted by Crippen LogP contribution is 2.27. The minimum absolute atomic E-state index is 0.244. The Morgan fingerprint density at radius 3 is 2.53 bits per heavy atom. The van der Waals surface area contributed by atoms with Gasteiger partial charge in [0.1, 0.15) is 12.3 Å². The maximum atomic E-state index is 11.7. The van der Waals surface area contributed by atoms with Crippen LogP contribution in [-0.2, 0) is 4.79 Å². The van der Waals surface area contributed by atoms with Crippen LogP contribution in [0, 0.1) is 0 Å². The minimum atomic E-state index is -1.21. The Bertz CT molecular complexity index is 468. The van der Waals surface area contributed by atoms with Crippen molar-refractivity contribution in [1.29, 1.82) is 0 Å². The summed E-state index contributed by atoms with van der Waals surface area (Å²) in [6.45, 7) is -0.244. The first-order chi connectivity index (χ1) is 9.06. The molecule has 2 rings (SSSR count). The van der Waals surface area contributed by atoms with Crippen LogP contribution in [0.15, 0.2) is 24.3 Å². The standard InChI is InChI=1S/C13H16N2O4/c1-15(12(16)8-14-13(17)18)9-2-4-10(5-3-9)19-11-6-7-11/h2-5,11,14H,6-8H2,1H3,(H,17,18). The van der Waals surface area contributed by atoms with Crippen molar-refractivity contribution in [3.8, 4) is 5.75 Å². The molecule has 1 saturated carbocycles. The molecule has 0 bridgehead atoms. The van der Waals surface area contributed by atoms with Gasteiger partial charge in [0.2, 0.25) is 5.91 Å². The molecular weight excluding hydrogens is 248 g/mol. The second-order valence-corrected chi connectivity index (χ2v) is 4.42. The van der Waals surface area contributed by atoms with Gasteiger partial charge in [-0.25, -0.2) is 4.79 Å². The number of carboxylic acid groups (broad SMARTS) is 1. The van der Waals surface area contributed by atoms with Crippen molar-refractivity contribution in [2.24, 2.45) is 0 Å². The highest BCUT2D eigenvalue weighted by atomic mass is 16.5. The number of amides is 2. The normalized spacial score (nSPS) is 13.7. The van der Waals surface area contributed by atoms with Crippen LogP contribution in [0.1, 0.15) is 12.8 Å². The molecule has 1 aliphatic rings. The van der Waals surface area contributed by atoms with Gasteiger partial charge < -0.3 is 20.1 Å². The Labute approximate surface area is 111 Å². The molecule has 0 unspecified atom stereocenters. The first kappa shape index (κ1) is 13.2. The lowest BCUT2D eigenvalue weighted by molar-refractivity contribution is -0.117. The third kappa shape index (κ3) is 3.87. The third-order valence-electron chi connectivity index (χ3n) is 2.82. The number of carbonyl (C=O) groups excluding carboxylic acids is 1. The van der Waals surface area contributed by atoms with E-state index in [1.54, 1.807) is 19.2 Å². The zero-order chi connectivity index (χ0) is 13.8. The summed E-state index contributed by atoms with van der Waals surface area (Å²) in [4.78, 5) is 23.4. The van der Waals surface area contributed by atoms with E-state index >= 15 is 0 Å². The minimum Gasteiger partial charge on any atom is -0.490 e. The summed E-state index contributed by atoms with van der Waals surface area (Å²) in [5.41, 5.74) is 0.695. The second-order valence-electron chi connectivity index (χ2n) is 4.42. The van der Waals surface area contributed by atoms with E-state index in [9.17, 15) is 9.59 Å². The number of likely N-dealkylation sites (N-methyl/N-ethyl adjacent to an activating group) is 1. The van der Waals surface area contributed by atoms with Crippen LogP contribution in [0.5, 0.6) is 5.75 Å². The van der Waals surface area contributed by atoms with E-state index < -0.39 is 6.09 Å². The number of rotatable bonds is 5. The summed E-state index contributed by atoms with van der Waals surface area (Å²) < 4.78 is 5.61. The number of benzene rings is 1. The fourth-order valence-corrected chi connectivity index (χ4v) is 1.54. The van der Waals surface area contributed by atoms with Crippen molar-refractivity contribution in [3.63, 3.8) is 0 Å². The SMILES string of the molecule is CN(C(=O)CNC(=O)O)c1ccc(OC2CC2)cc1. The monoisotopic (exact) mass is 264 g/mol. The number of hydrogen-bond donors (Lipinski definition) is 2. The molecule has 6 heteroatoms. The topological polar surface area (TPSA) is 78.9 Å². The van der Waals surface area contributed by atoms with Crippen molar-refractivity contribution >= 4 is 17.7 Å². The van der Waals surface area contributed by atoms with E-state index in [4.69, 9.17) is 9.84 Å². The van der Waals surface area contributed by atoms with E-state index in [0.29, 0.717) is 11.8 Å². The predicted octanol–water partition coefficient (Wildman–Crippen LogP) is 1.46. The van der Waals surface area contributed by atoms with Crippen LogP contribution >= 0.6 is 0 Å². The molecule has 19 heavy (non-hydrogen) atoms. The molecule has 0 heterocycles. The lowest BCUT2D eigenvalue weighted by Gasteiger charge is -2.17. The molecule has 0 aliphatic heterocycles. The van der Waals surface area contributed by atoms with Crippen LogP contribution in [0.3, 0.4) is 0 Å². The third-order valence-corrected chi connectivity index (χ3v) is 2.82. The quantitative estimate of drug-likeness (QED) is 0.843. The van der Waals surface area contributed by atoms with E-state index in [0.717, 1.165) is 18.6 Å². The molecule has 1 aromatic carbocycles. The van der Waals surface area contributed by atoms with Gasteiger partial charge in [0.25, 0.3) is 0 Å². The number of ether oxygens (including phenoxy) is 1. The van der Waals surface area contributed by atoms with E-state index in [1.807, 2.05) is 17.4 Å². The first-order valence-electron chi connectivity index (χ1n) is 6.06. The summed E-state index contributed by atoms with van der Waals surface area (Å²) in [5, 5.41) is 10.5. The van der Waals surface area contributed by atoms with Gasteiger partial charge in [0.15, 0.2) is 0 Å². The van der Waals surface area contributed by atoms with Crippen molar-refractivity contribution in [2.45, 2.75) is 18.9 Å². The molecule has 0 spiro atoms. The summed E-state index contributed by atoms with van der Waals surface area (Å²) >= 11 is 0. The molecular formula is C13H16N2O4. The lowest BCUT2D eigenvalue weighted by Crippen LogP contribution is -2.37. The molecule has 0 saturated heterocycles. The number of hydrogen-bond acceptors (Lipinski definition) is 3. The molecule has 102 valence electrons. The van der Waals surface area contributed by atoms with Crippen LogP contribution in [0.25, 0.3) is 0 Å². The smallest absolute Gasteiger partial charge is 0.405 e. The Hall–Kier alpha value is -2.24. The Morgan fingerprint density at radius 2 is 2.00 bits per heavy atom. The van der Waals surface area contributed by atoms with E-state index in [2.05, 4.69) is 0 Å². The average Bonchev–Trinajstić information content (AvgIpc) is 3.20. The molecule has 1 aromatic rings. The van der Waals surface area contributed by atoms with Gasteiger partial charge in [-0.05, 0) is 37.1 Å². The van der Waals surface area contributed by atoms with E-state index in [-0.39, 0.29) is 12.5 Å². The second kappa shape index (κ2) is 5.60. The van der Waals surface area contributed by atoms with Crippen molar-refractivity contribution in [3.05, 3.63) is 24.3 Å². The van der Waals surface area contributed by atoms with Gasteiger partial charge >= 0.3 is 6.09 Å². The first-order valence-corrected chi connectivity index (χ1v) is 6.06. The fraction of sp³-hybridized carbons (Fsp3) is 0.385. The molecule has 0 aromatic heterocycles. The predicted molar refractivity (Wildman–Crippen MR) is 69.5 cm³/mol. The van der Waals surface area contributed by atoms with Crippen LogP contribution in [0.4, 0.5) is 10.5 Å². The van der Waals surface area contributed by atoms with Gasteiger partial charge in [-0.1, -0.05) is 0 Å². The Balaban J connectivity index is 1.91.